The average Bonchev–Trinajstić information content (AvgIpc) is 2.59. The third kappa shape index (κ3) is 3.23. The van der Waals surface area contributed by atoms with Gasteiger partial charge in [-0.25, -0.2) is 4.99 Å². The summed E-state index contributed by atoms with van der Waals surface area (Å²) in [6.45, 7) is 0.455. The molecule has 0 atom stereocenters. The van der Waals surface area contributed by atoms with Crippen molar-refractivity contribution in [1.82, 2.24) is 10.0 Å². The zero-order valence-corrected chi connectivity index (χ0v) is 12.8. The van der Waals surface area contributed by atoms with Crippen molar-refractivity contribution in [2.24, 2.45) is 4.99 Å². The van der Waals surface area contributed by atoms with Gasteiger partial charge < -0.3 is 14.8 Å². The molecule has 0 saturated heterocycles. The van der Waals surface area contributed by atoms with Crippen LogP contribution >= 0.6 is 11.9 Å². The van der Waals surface area contributed by atoms with E-state index in [0.29, 0.717) is 12.1 Å². The quantitative estimate of drug-likeness (QED) is 0.852. The third-order valence-corrected chi connectivity index (χ3v) is 4.00. The highest BCUT2D eigenvalue weighted by Gasteiger charge is 2.11. The van der Waals surface area contributed by atoms with Gasteiger partial charge in [-0.05, 0) is 47.8 Å². The first kappa shape index (κ1) is 14.5. The molecule has 1 aliphatic rings. The second kappa shape index (κ2) is 6.53. The van der Waals surface area contributed by atoms with E-state index in [9.17, 15) is 4.79 Å². The molecule has 1 amide bonds. The smallest absolute Gasteiger partial charge is 0.251 e. The lowest BCUT2D eigenvalue weighted by molar-refractivity contribution is 0.0950. The number of rotatable bonds is 4. The number of amides is 1. The summed E-state index contributed by atoms with van der Waals surface area (Å²) in [5.74, 6) is 0.668. The molecule has 2 aromatic carbocycles. The molecule has 0 spiro atoms. The van der Waals surface area contributed by atoms with Gasteiger partial charge in [0.1, 0.15) is 5.75 Å². The van der Waals surface area contributed by atoms with Gasteiger partial charge in [0.15, 0.2) is 0 Å². The van der Waals surface area contributed by atoms with Gasteiger partial charge in [-0.2, -0.15) is 0 Å². The Labute approximate surface area is 132 Å². The Hall–Kier alpha value is -2.47. The zero-order chi connectivity index (χ0) is 15.4. The van der Waals surface area contributed by atoms with Crippen molar-refractivity contribution < 1.29 is 9.53 Å². The molecular weight excluding hydrogens is 298 g/mol. The van der Waals surface area contributed by atoms with E-state index >= 15 is 0 Å². The fourth-order valence-corrected chi connectivity index (χ4v) is 2.74. The van der Waals surface area contributed by atoms with Gasteiger partial charge >= 0.3 is 0 Å². The molecule has 112 valence electrons. The van der Waals surface area contributed by atoms with E-state index in [1.807, 2.05) is 36.4 Å². The number of carbonyl (C=O) groups excluding carboxylic acids is 1. The van der Waals surface area contributed by atoms with Crippen LogP contribution in [0.25, 0.3) is 0 Å². The van der Waals surface area contributed by atoms with E-state index < -0.39 is 0 Å². The third-order valence-electron chi connectivity index (χ3n) is 3.23. The number of carbonyl (C=O) groups is 1. The van der Waals surface area contributed by atoms with Crippen LogP contribution in [-0.4, -0.2) is 19.4 Å². The number of ether oxygens (including phenoxy) is 1. The van der Waals surface area contributed by atoms with Crippen molar-refractivity contribution in [3.8, 4) is 5.75 Å². The summed E-state index contributed by atoms with van der Waals surface area (Å²) in [5, 5.41) is 2.91. The number of benzene rings is 2. The van der Waals surface area contributed by atoms with Crippen LogP contribution < -0.4 is 14.8 Å². The molecule has 1 aliphatic heterocycles. The number of aliphatic imine (C=N–C) groups is 1. The molecule has 3 rings (SSSR count). The lowest BCUT2D eigenvalue weighted by Gasteiger charge is -2.12. The maximum atomic E-state index is 12.2. The lowest BCUT2D eigenvalue weighted by atomic mass is 10.1. The highest BCUT2D eigenvalue weighted by atomic mass is 32.2. The van der Waals surface area contributed by atoms with Crippen LogP contribution in [0.15, 0.2) is 52.4 Å². The van der Waals surface area contributed by atoms with Gasteiger partial charge in [-0.1, -0.05) is 12.1 Å². The van der Waals surface area contributed by atoms with E-state index in [-0.39, 0.29) is 5.91 Å². The number of nitrogens with zero attached hydrogens (tertiary/aromatic N) is 1. The van der Waals surface area contributed by atoms with Crippen LogP contribution in [0.3, 0.4) is 0 Å². The van der Waals surface area contributed by atoms with Gasteiger partial charge in [0.25, 0.3) is 5.91 Å². The first-order chi connectivity index (χ1) is 10.8. The predicted octanol–water partition coefficient (Wildman–Crippen LogP) is 2.90. The van der Waals surface area contributed by atoms with E-state index in [1.165, 1.54) is 11.9 Å². The Morgan fingerprint density at radius 2 is 2.23 bits per heavy atom. The average molecular weight is 313 g/mol. The molecule has 5 nitrogen and oxygen atoms in total. The normalized spacial score (nSPS) is 12.2. The molecule has 0 aromatic heterocycles. The molecule has 2 aromatic rings. The Morgan fingerprint density at radius 3 is 3.09 bits per heavy atom. The Kier molecular flexibility index (Phi) is 4.29. The zero-order valence-electron chi connectivity index (χ0n) is 12.0. The molecule has 0 bridgehead atoms. The Balaban J connectivity index is 1.68. The fraction of sp³-hybridized carbons (Fsp3) is 0.125. The standard InChI is InChI=1S/C16H15N3O2S/c1-21-13-4-2-3-11(7-13)9-17-16(20)12-5-6-14-15(8-12)22-19-10-18-14/h2-8,10H,9H2,1H3,(H,17,20)(H,18,19). The molecule has 0 fully saturated rings. The van der Waals surface area contributed by atoms with Crippen molar-refractivity contribution in [2.45, 2.75) is 11.4 Å². The van der Waals surface area contributed by atoms with Gasteiger partial charge in [0, 0.05) is 12.1 Å². The number of fused-ring (bicyclic) bond motifs is 1. The number of hydrogen-bond acceptors (Lipinski definition) is 5. The summed E-state index contributed by atoms with van der Waals surface area (Å²) >= 11 is 1.44. The second-order valence-corrected chi connectivity index (χ2v) is 5.57. The van der Waals surface area contributed by atoms with E-state index in [4.69, 9.17) is 4.74 Å². The van der Waals surface area contributed by atoms with Crippen molar-refractivity contribution in [1.29, 1.82) is 0 Å². The van der Waals surface area contributed by atoms with Crippen LogP contribution in [0, 0.1) is 0 Å². The second-order valence-electron chi connectivity index (χ2n) is 4.69. The fourth-order valence-electron chi connectivity index (χ4n) is 2.10. The Bertz CT molecular complexity index is 731. The van der Waals surface area contributed by atoms with Crippen LogP contribution in [-0.2, 0) is 6.54 Å². The molecule has 2 N–H and O–H groups in total. The summed E-state index contributed by atoms with van der Waals surface area (Å²) in [7, 11) is 1.62. The van der Waals surface area contributed by atoms with Crippen LogP contribution in [0.5, 0.6) is 5.75 Å². The van der Waals surface area contributed by atoms with E-state index in [2.05, 4.69) is 15.0 Å². The highest BCUT2D eigenvalue weighted by Crippen LogP contribution is 2.30. The lowest BCUT2D eigenvalue weighted by Crippen LogP contribution is -2.22. The summed E-state index contributed by atoms with van der Waals surface area (Å²) in [6.07, 6.45) is 1.63. The van der Waals surface area contributed by atoms with Crippen molar-refractivity contribution in [3.63, 3.8) is 0 Å². The van der Waals surface area contributed by atoms with Gasteiger partial charge in [-0.3, -0.25) is 4.79 Å². The minimum atomic E-state index is -0.110. The van der Waals surface area contributed by atoms with Crippen LogP contribution in [0.2, 0.25) is 0 Å². The number of nitrogens with one attached hydrogen (secondary N) is 2. The molecule has 0 radical (unpaired) electrons. The molecule has 0 saturated carbocycles. The minimum Gasteiger partial charge on any atom is -0.497 e. The predicted molar refractivity (Wildman–Crippen MR) is 87.8 cm³/mol. The molecular formula is C16H15N3O2S. The SMILES string of the molecule is COc1cccc(CNC(=O)c2ccc3c(c2)SNC=N3)c1. The first-order valence-corrected chi connectivity index (χ1v) is 7.58. The molecule has 0 unspecified atom stereocenters. The topological polar surface area (TPSA) is 62.7 Å². The monoisotopic (exact) mass is 313 g/mol. The van der Waals surface area contributed by atoms with Gasteiger partial charge in [0.2, 0.25) is 0 Å². The number of methoxy groups -OCH3 is 1. The molecule has 22 heavy (non-hydrogen) atoms. The first-order valence-electron chi connectivity index (χ1n) is 6.76. The Morgan fingerprint density at radius 1 is 1.32 bits per heavy atom. The van der Waals surface area contributed by atoms with Gasteiger partial charge in [-0.15, -0.1) is 0 Å². The summed E-state index contributed by atoms with van der Waals surface area (Å²) in [4.78, 5) is 17.4. The largest absolute Gasteiger partial charge is 0.497 e. The minimum absolute atomic E-state index is 0.110. The van der Waals surface area contributed by atoms with Crippen LogP contribution in [0.1, 0.15) is 15.9 Å². The highest BCUT2D eigenvalue weighted by molar-refractivity contribution is 7.98. The maximum absolute atomic E-state index is 12.2. The van der Waals surface area contributed by atoms with Crippen molar-refractivity contribution >= 4 is 29.9 Å². The van der Waals surface area contributed by atoms with E-state index in [0.717, 1.165) is 21.9 Å². The van der Waals surface area contributed by atoms with Crippen LogP contribution in [0.4, 0.5) is 5.69 Å². The summed E-state index contributed by atoms with van der Waals surface area (Å²) in [5.41, 5.74) is 2.48. The molecule has 0 aliphatic carbocycles. The maximum Gasteiger partial charge on any atom is 0.251 e. The summed E-state index contributed by atoms with van der Waals surface area (Å²) in [6, 6.07) is 13.1. The molecule has 1 heterocycles. The van der Waals surface area contributed by atoms with Gasteiger partial charge in [0.05, 0.1) is 24.0 Å². The summed E-state index contributed by atoms with van der Waals surface area (Å²) < 4.78 is 8.13. The number of hydrogen-bond donors (Lipinski definition) is 2. The van der Waals surface area contributed by atoms with E-state index in [1.54, 1.807) is 19.5 Å². The van der Waals surface area contributed by atoms with Crippen molar-refractivity contribution in [3.05, 3.63) is 53.6 Å². The molecule has 6 heteroatoms. The van der Waals surface area contributed by atoms with Crippen molar-refractivity contribution in [2.75, 3.05) is 7.11 Å².